The van der Waals surface area contributed by atoms with Crippen molar-refractivity contribution in [3.05, 3.63) is 64.2 Å². The van der Waals surface area contributed by atoms with Crippen LogP contribution in [0.5, 0.6) is 5.75 Å². The quantitative estimate of drug-likeness (QED) is 0.656. The van der Waals surface area contributed by atoms with Gasteiger partial charge in [0.05, 0.1) is 24.8 Å². The van der Waals surface area contributed by atoms with Gasteiger partial charge in [0.2, 0.25) is 0 Å². The van der Waals surface area contributed by atoms with Crippen LogP contribution >= 0.6 is 11.6 Å². The molecule has 0 bridgehead atoms. The average Bonchev–Trinajstić information content (AvgIpc) is 2.82. The Balaban J connectivity index is 1.66. The molecule has 0 aromatic heterocycles. The van der Waals surface area contributed by atoms with Crippen LogP contribution in [0, 0.1) is 11.3 Å². The molecule has 1 N–H and O–H groups in total. The molecule has 3 rings (SSSR count). The molecule has 0 saturated carbocycles. The second kappa shape index (κ2) is 11.5. The molecule has 9 heteroatoms. The van der Waals surface area contributed by atoms with Crippen LogP contribution in [0.4, 0.5) is 0 Å². The number of amides is 2. The molecule has 1 aliphatic rings. The van der Waals surface area contributed by atoms with Crippen LogP contribution in [0.15, 0.2) is 42.5 Å². The van der Waals surface area contributed by atoms with Crippen LogP contribution in [0.25, 0.3) is 0 Å². The largest absolute Gasteiger partial charge is 0.483 e. The molecule has 0 radical (unpaired) electrons. The minimum absolute atomic E-state index is 0.168. The summed E-state index contributed by atoms with van der Waals surface area (Å²) < 4.78 is 11.1. The predicted octanol–water partition coefficient (Wildman–Crippen LogP) is 2.62. The summed E-state index contributed by atoms with van der Waals surface area (Å²) in [7, 11) is 0. The number of nitrogens with one attached hydrogen (secondary N) is 1. The van der Waals surface area contributed by atoms with Crippen molar-refractivity contribution in [3.63, 3.8) is 0 Å². The number of nitriles is 1. The van der Waals surface area contributed by atoms with Crippen molar-refractivity contribution in [1.82, 2.24) is 15.3 Å². The molecule has 32 heavy (non-hydrogen) atoms. The zero-order chi connectivity index (χ0) is 22.9. The SMILES string of the molecule is CCN(C(=O)COc1cc(C#N)ccc1CNC(=O)c1cccc(Cl)c1)N1CCOCC1. The van der Waals surface area contributed by atoms with E-state index in [1.807, 2.05) is 11.9 Å². The van der Waals surface area contributed by atoms with Gasteiger partial charge < -0.3 is 14.8 Å². The van der Waals surface area contributed by atoms with Crippen molar-refractivity contribution in [2.24, 2.45) is 0 Å². The maximum Gasteiger partial charge on any atom is 0.274 e. The first kappa shape index (κ1) is 23.5. The van der Waals surface area contributed by atoms with Crippen molar-refractivity contribution in [2.75, 3.05) is 39.5 Å². The van der Waals surface area contributed by atoms with Gasteiger partial charge in [0.25, 0.3) is 11.8 Å². The van der Waals surface area contributed by atoms with E-state index < -0.39 is 0 Å². The van der Waals surface area contributed by atoms with Gasteiger partial charge in [-0.05, 0) is 37.3 Å². The van der Waals surface area contributed by atoms with E-state index in [1.165, 1.54) is 0 Å². The van der Waals surface area contributed by atoms with Gasteiger partial charge in [-0.15, -0.1) is 0 Å². The highest BCUT2D eigenvalue weighted by molar-refractivity contribution is 6.30. The monoisotopic (exact) mass is 456 g/mol. The van der Waals surface area contributed by atoms with E-state index in [2.05, 4.69) is 11.4 Å². The summed E-state index contributed by atoms with van der Waals surface area (Å²) in [5.41, 5.74) is 1.49. The van der Waals surface area contributed by atoms with E-state index in [4.69, 9.17) is 21.1 Å². The minimum atomic E-state index is -0.289. The molecule has 1 fully saturated rings. The number of rotatable bonds is 8. The summed E-state index contributed by atoms with van der Waals surface area (Å²) in [5, 5.41) is 16.1. The summed E-state index contributed by atoms with van der Waals surface area (Å²) in [4.78, 5) is 25.2. The van der Waals surface area contributed by atoms with Crippen molar-refractivity contribution in [3.8, 4) is 11.8 Å². The lowest BCUT2D eigenvalue weighted by molar-refractivity contribution is -0.158. The number of hydrazine groups is 1. The van der Waals surface area contributed by atoms with Gasteiger partial charge in [-0.25, -0.2) is 5.01 Å². The smallest absolute Gasteiger partial charge is 0.274 e. The van der Waals surface area contributed by atoms with Crippen molar-refractivity contribution < 1.29 is 19.1 Å². The molecule has 1 saturated heterocycles. The molecule has 168 valence electrons. The Bertz CT molecular complexity index is 1000. The summed E-state index contributed by atoms with van der Waals surface area (Å²) in [6, 6.07) is 13.6. The van der Waals surface area contributed by atoms with E-state index in [1.54, 1.807) is 47.5 Å². The van der Waals surface area contributed by atoms with E-state index in [0.29, 0.717) is 60.3 Å². The number of halogens is 1. The fraction of sp³-hybridized carbons (Fsp3) is 0.348. The van der Waals surface area contributed by atoms with Crippen LogP contribution in [0.3, 0.4) is 0 Å². The molecular formula is C23H25ClN4O4. The highest BCUT2D eigenvalue weighted by Crippen LogP contribution is 2.21. The lowest BCUT2D eigenvalue weighted by Gasteiger charge is -2.36. The second-order valence-electron chi connectivity index (χ2n) is 7.09. The molecular weight excluding hydrogens is 432 g/mol. The van der Waals surface area contributed by atoms with Crippen molar-refractivity contribution in [2.45, 2.75) is 13.5 Å². The number of hydrogen-bond acceptors (Lipinski definition) is 6. The lowest BCUT2D eigenvalue weighted by Crippen LogP contribution is -2.52. The van der Waals surface area contributed by atoms with Gasteiger partial charge in [-0.3, -0.25) is 14.6 Å². The topological polar surface area (TPSA) is 94.9 Å². The molecule has 2 amide bonds. The van der Waals surface area contributed by atoms with E-state index in [-0.39, 0.29) is 25.0 Å². The Hall–Kier alpha value is -3.12. The number of likely N-dealkylation sites (N-methyl/N-ethyl adjacent to an activating group) is 1. The molecule has 0 aliphatic carbocycles. The fourth-order valence-corrected chi connectivity index (χ4v) is 3.55. The third-order valence-corrected chi connectivity index (χ3v) is 5.23. The Morgan fingerprint density at radius 1 is 1.25 bits per heavy atom. The van der Waals surface area contributed by atoms with Crippen LogP contribution in [0.2, 0.25) is 5.02 Å². The van der Waals surface area contributed by atoms with Crippen LogP contribution in [-0.4, -0.2) is 61.3 Å². The Labute approximate surface area is 192 Å². The van der Waals surface area contributed by atoms with Gasteiger partial charge in [0, 0.05) is 42.3 Å². The molecule has 0 unspecified atom stereocenters. The van der Waals surface area contributed by atoms with E-state index in [9.17, 15) is 14.9 Å². The first-order valence-corrected chi connectivity index (χ1v) is 10.7. The minimum Gasteiger partial charge on any atom is -0.483 e. The normalized spacial score (nSPS) is 13.8. The molecule has 1 aliphatic heterocycles. The first-order chi connectivity index (χ1) is 15.5. The molecule has 2 aromatic rings. The summed E-state index contributed by atoms with van der Waals surface area (Å²) >= 11 is 5.95. The summed E-state index contributed by atoms with van der Waals surface area (Å²) in [6.45, 7) is 4.84. The summed E-state index contributed by atoms with van der Waals surface area (Å²) in [6.07, 6.45) is 0. The maximum atomic E-state index is 12.8. The molecule has 0 atom stereocenters. The first-order valence-electron chi connectivity index (χ1n) is 10.3. The van der Waals surface area contributed by atoms with Crippen molar-refractivity contribution in [1.29, 1.82) is 5.26 Å². The maximum absolute atomic E-state index is 12.8. The zero-order valence-corrected chi connectivity index (χ0v) is 18.6. The number of carbonyl (C=O) groups is 2. The molecule has 8 nitrogen and oxygen atoms in total. The van der Waals surface area contributed by atoms with E-state index >= 15 is 0 Å². The Morgan fingerprint density at radius 3 is 2.72 bits per heavy atom. The van der Waals surface area contributed by atoms with Gasteiger partial charge in [-0.2, -0.15) is 5.26 Å². The van der Waals surface area contributed by atoms with Crippen LogP contribution in [0.1, 0.15) is 28.4 Å². The number of morpholine rings is 1. The number of nitrogens with zero attached hydrogens (tertiary/aromatic N) is 3. The fourth-order valence-electron chi connectivity index (χ4n) is 3.36. The third kappa shape index (κ3) is 6.20. The Kier molecular flexibility index (Phi) is 8.45. The molecule has 2 aromatic carbocycles. The van der Waals surface area contributed by atoms with Gasteiger partial charge in [0.1, 0.15) is 5.75 Å². The average molecular weight is 457 g/mol. The van der Waals surface area contributed by atoms with Crippen LogP contribution < -0.4 is 10.1 Å². The standard InChI is InChI=1S/C23H25ClN4O4/c1-2-28(27-8-10-31-11-9-27)22(29)16-32-21-12-17(14-25)6-7-19(21)15-26-23(30)18-4-3-5-20(24)13-18/h3-7,12-13H,2,8-11,15-16H2,1H3,(H,26,30). The van der Waals surface area contributed by atoms with E-state index in [0.717, 1.165) is 0 Å². The second-order valence-corrected chi connectivity index (χ2v) is 7.53. The number of carbonyl (C=O) groups excluding carboxylic acids is 2. The van der Waals surface area contributed by atoms with Crippen LogP contribution in [-0.2, 0) is 16.1 Å². The Morgan fingerprint density at radius 2 is 2.03 bits per heavy atom. The number of benzene rings is 2. The molecule has 1 heterocycles. The highest BCUT2D eigenvalue weighted by atomic mass is 35.5. The zero-order valence-electron chi connectivity index (χ0n) is 17.8. The predicted molar refractivity (Wildman–Crippen MR) is 119 cm³/mol. The van der Waals surface area contributed by atoms with Gasteiger partial charge >= 0.3 is 0 Å². The number of ether oxygens (including phenoxy) is 2. The lowest BCUT2D eigenvalue weighted by atomic mass is 10.1. The number of hydrogen-bond donors (Lipinski definition) is 1. The third-order valence-electron chi connectivity index (χ3n) is 4.99. The van der Waals surface area contributed by atoms with Gasteiger partial charge in [0.15, 0.2) is 6.61 Å². The van der Waals surface area contributed by atoms with Crippen molar-refractivity contribution >= 4 is 23.4 Å². The molecule has 0 spiro atoms. The highest BCUT2D eigenvalue weighted by Gasteiger charge is 2.22. The summed E-state index contributed by atoms with van der Waals surface area (Å²) in [5.74, 6) is -0.101. The van der Waals surface area contributed by atoms with Gasteiger partial charge in [-0.1, -0.05) is 23.7 Å².